The van der Waals surface area contributed by atoms with Crippen molar-refractivity contribution in [3.05, 3.63) is 17.0 Å². The molecule has 0 aliphatic carbocycles. The predicted molar refractivity (Wildman–Crippen MR) is 75.4 cm³/mol. The first-order valence-electron chi connectivity index (χ1n) is 6.51. The van der Waals surface area contributed by atoms with Crippen molar-refractivity contribution >= 4 is 21.4 Å². The summed E-state index contributed by atoms with van der Waals surface area (Å²) in [6.07, 6.45) is 3.56. The van der Waals surface area contributed by atoms with Crippen LogP contribution in [0.5, 0.6) is 0 Å². The topological polar surface area (TPSA) is 83.6 Å². The summed E-state index contributed by atoms with van der Waals surface area (Å²) in [5, 5.41) is 9.43. The quantitative estimate of drug-likeness (QED) is 0.873. The van der Waals surface area contributed by atoms with Crippen LogP contribution < -0.4 is 5.73 Å². The Morgan fingerprint density at radius 2 is 2.16 bits per heavy atom. The zero-order valence-corrected chi connectivity index (χ0v) is 12.4. The molecule has 1 aromatic heterocycles. The maximum Gasteiger partial charge on any atom is 0.252 e. The minimum Gasteiger partial charge on any atom is -0.395 e. The molecule has 1 aliphatic rings. The first-order valence-corrected chi connectivity index (χ1v) is 8.76. The van der Waals surface area contributed by atoms with Crippen LogP contribution in [0, 0.1) is 0 Å². The minimum absolute atomic E-state index is 0.117. The van der Waals surface area contributed by atoms with Crippen molar-refractivity contribution < 1.29 is 13.5 Å². The van der Waals surface area contributed by atoms with Crippen molar-refractivity contribution in [1.82, 2.24) is 4.31 Å². The largest absolute Gasteiger partial charge is 0.395 e. The standard InChI is InChI=1S/C12H20N2O3S2/c13-8-11-5-6-12(18-11)19(16,17)14-7-3-1-2-4-10(14)9-15/h5-6,10,15H,1-4,7-9,13H2. The molecule has 1 unspecified atom stereocenters. The van der Waals surface area contributed by atoms with Crippen molar-refractivity contribution in [3.8, 4) is 0 Å². The predicted octanol–water partition coefficient (Wildman–Crippen LogP) is 1.13. The average Bonchev–Trinajstić information content (AvgIpc) is 2.76. The lowest BCUT2D eigenvalue weighted by molar-refractivity contribution is 0.186. The van der Waals surface area contributed by atoms with E-state index >= 15 is 0 Å². The van der Waals surface area contributed by atoms with Crippen LogP contribution in [-0.2, 0) is 16.6 Å². The van der Waals surface area contributed by atoms with E-state index in [0.29, 0.717) is 17.3 Å². The Hall–Kier alpha value is -0.470. The summed E-state index contributed by atoms with van der Waals surface area (Å²) in [4.78, 5) is 0.856. The summed E-state index contributed by atoms with van der Waals surface area (Å²) < 4.78 is 27.0. The molecule has 1 saturated heterocycles. The van der Waals surface area contributed by atoms with E-state index in [1.807, 2.05) is 0 Å². The molecule has 0 aromatic carbocycles. The SMILES string of the molecule is NCc1ccc(S(=O)(=O)N2CCCCCC2CO)s1. The van der Waals surface area contributed by atoms with Crippen LogP contribution >= 0.6 is 11.3 Å². The highest BCUT2D eigenvalue weighted by atomic mass is 32.2. The molecule has 3 N–H and O–H groups in total. The van der Waals surface area contributed by atoms with E-state index in [1.54, 1.807) is 12.1 Å². The second kappa shape index (κ2) is 6.32. The molecule has 1 aliphatic heterocycles. The highest BCUT2D eigenvalue weighted by molar-refractivity contribution is 7.91. The maximum absolute atomic E-state index is 12.6. The van der Waals surface area contributed by atoms with Gasteiger partial charge in [0.2, 0.25) is 0 Å². The molecule has 0 spiro atoms. The molecule has 1 aromatic rings. The Balaban J connectivity index is 2.30. The number of nitrogens with two attached hydrogens (primary N) is 1. The van der Waals surface area contributed by atoms with Crippen molar-refractivity contribution in [3.63, 3.8) is 0 Å². The van der Waals surface area contributed by atoms with Gasteiger partial charge in [0.1, 0.15) is 4.21 Å². The lowest BCUT2D eigenvalue weighted by Crippen LogP contribution is -2.41. The summed E-state index contributed by atoms with van der Waals surface area (Å²) in [6.45, 7) is 0.724. The van der Waals surface area contributed by atoms with Crippen LogP contribution in [0.3, 0.4) is 0 Å². The lowest BCUT2D eigenvalue weighted by atomic mass is 10.1. The number of aliphatic hydroxyl groups excluding tert-OH is 1. The molecule has 5 nitrogen and oxygen atoms in total. The molecule has 0 bridgehead atoms. The van der Waals surface area contributed by atoms with Gasteiger partial charge in [0, 0.05) is 24.0 Å². The van der Waals surface area contributed by atoms with E-state index in [0.717, 1.165) is 30.6 Å². The fourth-order valence-electron chi connectivity index (χ4n) is 2.37. The number of rotatable bonds is 4. The van der Waals surface area contributed by atoms with E-state index in [1.165, 1.54) is 15.6 Å². The molecule has 2 rings (SSSR count). The summed E-state index contributed by atoms with van der Waals surface area (Å²) in [7, 11) is -3.50. The Morgan fingerprint density at radius 3 is 2.79 bits per heavy atom. The third-order valence-corrected chi connectivity index (χ3v) is 6.96. The van der Waals surface area contributed by atoms with E-state index in [-0.39, 0.29) is 12.6 Å². The Bertz CT molecular complexity index is 513. The number of aliphatic hydroxyl groups is 1. The van der Waals surface area contributed by atoms with Crippen LogP contribution in [0.2, 0.25) is 0 Å². The minimum atomic E-state index is -3.50. The first kappa shape index (κ1) is 14.9. The molecular formula is C12H20N2O3S2. The Kier molecular flexibility index (Phi) is 4.97. The highest BCUT2D eigenvalue weighted by Crippen LogP contribution is 2.29. The Labute approximate surface area is 118 Å². The number of sulfonamides is 1. The van der Waals surface area contributed by atoms with Gasteiger partial charge in [-0.15, -0.1) is 11.3 Å². The van der Waals surface area contributed by atoms with Gasteiger partial charge in [0.15, 0.2) is 0 Å². The zero-order chi connectivity index (χ0) is 13.9. The van der Waals surface area contributed by atoms with Crippen LogP contribution in [0.15, 0.2) is 16.3 Å². The van der Waals surface area contributed by atoms with Crippen molar-refractivity contribution in [1.29, 1.82) is 0 Å². The second-order valence-corrected chi connectivity index (χ2v) is 8.01. The summed E-state index contributed by atoms with van der Waals surface area (Å²) in [5.74, 6) is 0. The summed E-state index contributed by atoms with van der Waals surface area (Å²) in [5.41, 5.74) is 5.53. The average molecular weight is 304 g/mol. The molecule has 1 atom stereocenters. The lowest BCUT2D eigenvalue weighted by Gasteiger charge is -2.26. The van der Waals surface area contributed by atoms with Crippen molar-refractivity contribution in [2.45, 2.75) is 42.5 Å². The van der Waals surface area contributed by atoms with Crippen molar-refractivity contribution in [2.75, 3.05) is 13.2 Å². The number of hydrogen-bond donors (Lipinski definition) is 2. The van der Waals surface area contributed by atoms with Gasteiger partial charge in [-0.1, -0.05) is 12.8 Å². The summed E-state index contributed by atoms with van der Waals surface area (Å²) >= 11 is 1.22. The van der Waals surface area contributed by atoms with Gasteiger partial charge in [-0.2, -0.15) is 4.31 Å². The van der Waals surface area contributed by atoms with Crippen LogP contribution in [0.1, 0.15) is 30.6 Å². The molecule has 1 fully saturated rings. The Morgan fingerprint density at radius 1 is 1.37 bits per heavy atom. The van der Waals surface area contributed by atoms with E-state index in [2.05, 4.69) is 0 Å². The van der Waals surface area contributed by atoms with Crippen LogP contribution in [0.25, 0.3) is 0 Å². The number of hydrogen-bond acceptors (Lipinski definition) is 5. The monoisotopic (exact) mass is 304 g/mol. The first-order chi connectivity index (χ1) is 9.09. The molecule has 0 amide bonds. The van der Waals surface area contributed by atoms with Gasteiger partial charge in [-0.25, -0.2) is 8.42 Å². The van der Waals surface area contributed by atoms with Gasteiger partial charge >= 0.3 is 0 Å². The third-order valence-electron chi connectivity index (χ3n) is 3.44. The number of nitrogens with zero attached hydrogens (tertiary/aromatic N) is 1. The molecule has 0 radical (unpaired) electrons. The van der Waals surface area contributed by atoms with Gasteiger partial charge in [-0.05, 0) is 25.0 Å². The molecular weight excluding hydrogens is 284 g/mol. The molecule has 108 valence electrons. The van der Waals surface area contributed by atoms with Crippen LogP contribution in [-0.4, -0.2) is 37.0 Å². The van der Waals surface area contributed by atoms with E-state index in [4.69, 9.17) is 5.73 Å². The third kappa shape index (κ3) is 3.17. The zero-order valence-electron chi connectivity index (χ0n) is 10.8. The fourth-order valence-corrected chi connectivity index (χ4v) is 5.42. The molecule has 2 heterocycles. The highest BCUT2D eigenvalue weighted by Gasteiger charge is 2.32. The van der Waals surface area contributed by atoms with Gasteiger partial charge in [0.05, 0.1) is 6.61 Å². The number of thiophene rings is 1. The van der Waals surface area contributed by atoms with E-state index < -0.39 is 10.0 Å². The normalized spacial score (nSPS) is 22.3. The van der Waals surface area contributed by atoms with Gasteiger partial charge in [0.25, 0.3) is 10.0 Å². The fraction of sp³-hybridized carbons (Fsp3) is 0.667. The summed E-state index contributed by atoms with van der Waals surface area (Å²) in [6, 6.07) is 3.07. The van der Waals surface area contributed by atoms with Crippen LogP contribution in [0.4, 0.5) is 0 Å². The van der Waals surface area contributed by atoms with Gasteiger partial charge < -0.3 is 10.8 Å². The second-order valence-electron chi connectivity index (χ2n) is 4.73. The smallest absolute Gasteiger partial charge is 0.252 e. The maximum atomic E-state index is 12.6. The van der Waals surface area contributed by atoms with Crippen molar-refractivity contribution in [2.24, 2.45) is 5.73 Å². The molecule has 19 heavy (non-hydrogen) atoms. The molecule has 0 saturated carbocycles. The molecule has 7 heteroatoms. The van der Waals surface area contributed by atoms with Gasteiger partial charge in [-0.3, -0.25) is 0 Å². The van der Waals surface area contributed by atoms with E-state index in [9.17, 15) is 13.5 Å².